The lowest BCUT2D eigenvalue weighted by Crippen LogP contribution is -2.28. The molecule has 0 atom stereocenters. The molecule has 0 aromatic heterocycles. The summed E-state index contributed by atoms with van der Waals surface area (Å²) in [6.45, 7) is 0. The number of para-hydroxylation sites is 1. The lowest BCUT2D eigenvalue weighted by Gasteiger charge is -2.35. The first-order chi connectivity index (χ1) is 31.7. The molecule has 10 aromatic carbocycles. The molecule has 0 radical (unpaired) electrons. The normalized spacial score (nSPS) is 13.7. The Morgan fingerprint density at radius 2 is 1.02 bits per heavy atom. The molecule has 300 valence electrons. The van der Waals surface area contributed by atoms with Crippen molar-refractivity contribution < 1.29 is 0 Å². The molecule has 10 aromatic rings. The van der Waals surface area contributed by atoms with Gasteiger partial charge in [0.2, 0.25) is 0 Å². The van der Waals surface area contributed by atoms with Gasteiger partial charge in [-0.25, -0.2) is 0 Å². The van der Waals surface area contributed by atoms with E-state index in [1.807, 2.05) is 0 Å². The van der Waals surface area contributed by atoms with Crippen molar-refractivity contribution in [2.45, 2.75) is 18.3 Å². The summed E-state index contributed by atoms with van der Waals surface area (Å²) in [5.74, 6) is 0. The fourth-order valence-corrected chi connectivity index (χ4v) is 11.3. The first-order valence-electron chi connectivity index (χ1n) is 22.4. The molecule has 0 saturated heterocycles. The van der Waals surface area contributed by atoms with Gasteiger partial charge in [0.25, 0.3) is 0 Å². The maximum absolute atomic E-state index is 5.26. The summed E-state index contributed by atoms with van der Waals surface area (Å²) in [4.78, 5) is 7.79. The third-order valence-electron chi connectivity index (χ3n) is 14.0. The average molecular weight is 815 g/mol. The topological polar surface area (TPSA) is 15.6 Å². The van der Waals surface area contributed by atoms with Gasteiger partial charge in [0.15, 0.2) is 0 Å². The summed E-state index contributed by atoms with van der Waals surface area (Å²) in [5.41, 5.74) is 23.1. The van der Waals surface area contributed by atoms with Crippen molar-refractivity contribution in [2.24, 2.45) is 4.99 Å². The number of anilines is 3. The molecule has 13 rings (SSSR count). The van der Waals surface area contributed by atoms with E-state index in [0.717, 1.165) is 35.6 Å². The highest BCUT2D eigenvalue weighted by Gasteiger charge is 2.46. The van der Waals surface area contributed by atoms with Gasteiger partial charge >= 0.3 is 0 Å². The van der Waals surface area contributed by atoms with Crippen LogP contribution in [-0.2, 0) is 18.3 Å². The Bertz CT molecular complexity index is 3450. The van der Waals surface area contributed by atoms with Gasteiger partial charge in [-0.15, -0.1) is 0 Å². The van der Waals surface area contributed by atoms with Crippen LogP contribution in [0.25, 0.3) is 44.2 Å². The molecular weight excluding hydrogens is 773 g/mol. The highest BCUT2D eigenvalue weighted by atomic mass is 15.1. The van der Waals surface area contributed by atoms with E-state index < -0.39 is 5.41 Å². The first-order valence-corrected chi connectivity index (χ1v) is 22.4. The molecule has 0 amide bonds. The van der Waals surface area contributed by atoms with Crippen molar-refractivity contribution in [2.75, 3.05) is 4.90 Å². The molecule has 0 bridgehead atoms. The molecule has 1 heterocycles. The molecule has 2 heteroatoms. The molecule has 0 spiro atoms. The van der Waals surface area contributed by atoms with E-state index in [-0.39, 0.29) is 0 Å². The van der Waals surface area contributed by atoms with Gasteiger partial charge in [0.1, 0.15) is 0 Å². The summed E-state index contributed by atoms with van der Waals surface area (Å²) in [5, 5.41) is 2.50. The minimum Gasteiger partial charge on any atom is -0.310 e. The number of benzene rings is 10. The smallest absolute Gasteiger partial charge is 0.0714 e. The molecule has 2 aliphatic carbocycles. The molecule has 2 nitrogen and oxygen atoms in total. The van der Waals surface area contributed by atoms with Crippen LogP contribution in [0.4, 0.5) is 22.7 Å². The van der Waals surface area contributed by atoms with Crippen LogP contribution in [0.1, 0.15) is 44.5 Å². The van der Waals surface area contributed by atoms with E-state index >= 15 is 0 Å². The van der Waals surface area contributed by atoms with Crippen molar-refractivity contribution in [1.82, 2.24) is 0 Å². The summed E-state index contributed by atoms with van der Waals surface area (Å²) in [6, 6.07) is 85.2. The van der Waals surface area contributed by atoms with Crippen LogP contribution in [0.3, 0.4) is 0 Å². The summed E-state index contributed by atoms with van der Waals surface area (Å²) >= 11 is 0. The molecule has 0 saturated carbocycles. The van der Waals surface area contributed by atoms with Crippen LogP contribution >= 0.6 is 0 Å². The summed E-state index contributed by atoms with van der Waals surface area (Å²) < 4.78 is 0. The van der Waals surface area contributed by atoms with Gasteiger partial charge in [-0.05, 0) is 119 Å². The summed E-state index contributed by atoms with van der Waals surface area (Å²) in [6.07, 6.45) is 1.66. The number of nitrogens with zero attached hydrogens (tertiary/aromatic N) is 2. The van der Waals surface area contributed by atoms with Gasteiger partial charge in [-0.3, -0.25) is 4.99 Å². The van der Waals surface area contributed by atoms with Crippen molar-refractivity contribution in [1.29, 1.82) is 0 Å². The highest BCUT2D eigenvalue weighted by Crippen LogP contribution is 2.57. The van der Waals surface area contributed by atoms with E-state index in [1.165, 1.54) is 94.3 Å². The molecule has 3 aliphatic rings. The number of rotatable bonds is 7. The zero-order valence-corrected chi connectivity index (χ0v) is 35.2. The Balaban J connectivity index is 1.06. The minimum absolute atomic E-state index is 0.524. The van der Waals surface area contributed by atoms with Crippen LogP contribution in [0.2, 0.25) is 0 Å². The van der Waals surface area contributed by atoms with Crippen LogP contribution in [0.5, 0.6) is 0 Å². The van der Waals surface area contributed by atoms with E-state index in [2.05, 4.69) is 235 Å². The van der Waals surface area contributed by atoms with Crippen LogP contribution in [0.15, 0.2) is 236 Å². The summed E-state index contributed by atoms with van der Waals surface area (Å²) in [7, 11) is 0. The van der Waals surface area contributed by atoms with Crippen molar-refractivity contribution in [3.8, 4) is 33.4 Å². The van der Waals surface area contributed by atoms with Crippen LogP contribution in [0, 0.1) is 0 Å². The van der Waals surface area contributed by atoms with Crippen LogP contribution in [-0.4, -0.2) is 5.71 Å². The Hall–Kier alpha value is -8.07. The third kappa shape index (κ3) is 5.49. The number of hydrogen-bond donors (Lipinski definition) is 0. The first kappa shape index (κ1) is 36.6. The predicted octanol–water partition coefficient (Wildman–Crippen LogP) is 15.6. The zero-order valence-electron chi connectivity index (χ0n) is 35.2. The highest BCUT2D eigenvalue weighted by molar-refractivity contribution is 6.16. The minimum atomic E-state index is -0.524. The van der Waals surface area contributed by atoms with Crippen molar-refractivity contribution in [3.63, 3.8) is 0 Å². The second-order valence-corrected chi connectivity index (χ2v) is 17.4. The van der Waals surface area contributed by atoms with E-state index in [9.17, 15) is 0 Å². The van der Waals surface area contributed by atoms with Crippen molar-refractivity contribution >= 4 is 39.2 Å². The molecule has 1 aliphatic heterocycles. The van der Waals surface area contributed by atoms with Gasteiger partial charge in [0, 0.05) is 29.8 Å². The molecule has 64 heavy (non-hydrogen) atoms. The second kappa shape index (κ2) is 14.5. The van der Waals surface area contributed by atoms with E-state index in [1.54, 1.807) is 0 Å². The fourth-order valence-electron chi connectivity index (χ4n) is 11.3. The second-order valence-electron chi connectivity index (χ2n) is 17.4. The maximum Gasteiger partial charge on any atom is 0.0714 e. The maximum atomic E-state index is 5.26. The molecular formula is C62H42N2. The average Bonchev–Trinajstić information content (AvgIpc) is 4.07. The quantitative estimate of drug-likeness (QED) is 0.156. The Morgan fingerprint density at radius 3 is 1.80 bits per heavy atom. The molecule has 0 unspecified atom stereocenters. The number of hydrogen-bond acceptors (Lipinski definition) is 2. The predicted molar refractivity (Wildman–Crippen MR) is 266 cm³/mol. The zero-order chi connectivity index (χ0) is 42.2. The number of fused-ring (bicyclic) bond motifs is 9. The Labute approximate surface area is 374 Å². The monoisotopic (exact) mass is 814 g/mol. The standard InChI is InChI=1S/C62H42N2/c1-3-17-41(18-4-1)42-33-35-48(36-34-42)64(49-25-16-24-47(40-49)62(46-22-5-2-6-23-46)55-30-12-10-27-51(55)52-28-11-13-31-56(52)62)59-39-43-19-7-9-26-50(43)61-54(59)37-45-21-15-29-53(60(45)61)58-38-44-20-8-14-32-57(44)63-58/h1-36,39-40H,37-38H2. The van der Waals surface area contributed by atoms with Gasteiger partial charge in [0.05, 0.1) is 22.5 Å². The molecule has 0 N–H and O–H groups in total. The van der Waals surface area contributed by atoms with Gasteiger partial charge < -0.3 is 4.90 Å². The SMILES string of the molecule is c1ccc(-c2ccc(N(c3cccc(C4(c5ccccc5)c5ccccc5-c5ccccc54)c3)c3cc4ccccc4c4c3Cc3cccc(C5=Nc6ccccc6C5)c3-4)cc2)cc1. The van der Waals surface area contributed by atoms with Crippen LogP contribution < -0.4 is 4.90 Å². The Kier molecular flexibility index (Phi) is 8.29. The fraction of sp³-hybridized carbons (Fsp3) is 0.0484. The third-order valence-corrected chi connectivity index (χ3v) is 14.0. The van der Waals surface area contributed by atoms with Gasteiger partial charge in [-0.2, -0.15) is 0 Å². The lowest BCUT2D eigenvalue weighted by molar-refractivity contribution is 0.768. The Morgan fingerprint density at radius 1 is 0.406 bits per heavy atom. The van der Waals surface area contributed by atoms with E-state index in [0.29, 0.717) is 0 Å². The van der Waals surface area contributed by atoms with Gasteiger partial charge in [-0.1, -0.05) is 194 Å². The van der Waals surface area contributed by atoms with Crippen molar-refractivity contribution in [3.05, 3.63) is 275 Å². The molecule has 0 fully saturated rings. The van der Waals surface area contributed by atoms with E-state index in [4.69, 9.17) is 4.99 Å². The number of aliphatic imine (C=N–C) groups is 1. The largest absolute Gasteiger partial charge is 0.310 e. The lowest BCUT2D eigenvalue weighted by atomic mass is 9.67.